The molecule has 0 aliphatic heterocycles. The van der Waals surface area contributed by atoms with Gasteiger partial charge in [-0.15, -0.1) is 0 Å². The maximum atomic E-state index is 11.4. The zero-order valence-electron chi connectivity index (χ0n) is 10.7. The lowest BCUT2D eigenvalue weighted by molar-refractivity contribution is -0.140. The van der Waals surface area contributed by atoms with E-state index in [0.717, 1.165) is 16.7 Å². The van der Waals surface area contributed by atoms with Crippen molar-refractivity contribution in [2.75, 3.05) is 0 Å². The first kappa shape index (κ1) is 14.0. The Labute approximate surface area is 106 Å². The minimum atomic E-state index is -1.05. The van der Waals surface area contributed by atoms with Crippen molar-refractivity contribution < 1.29 is 14.7 Å². The van der Waals surface area contributed by atoms with Crippen LogP contribution in [0.25, 0.3) is 6.08 Å². The minimum absolute atomic E-state index is 0.412. The van der Waals surface area contributed by atoms with Crippen molar-refractivity contribution in [1.82, 2.24) is 5.32 Å². The van der Waals surface area contributed by atoms with E-state index < -0.39 is 17.9 Å². The van der Waals surface area contributed by atoms with Gasteiger partial charge in [0.15, 0.2) is 0 Å². The SMILES string of the molecule is Cc1ccc(C=CC(=O)N[C@H](C)C(=O)O)c(C)c1. The molecule has 2 N–H and O–H groups in total. The van der Waals surface area contributed by atoms with E-state index in [1.165, 1.54) is 13.0 Å². The fourth-order valence-corrected chi connectivity index (χ4v) is 1.50. The maximum absolute atomic E-state index is 11.4. The van der Waals surface area contributed by atoms with Gasteiger partial charge in [-0.05, 0) is 38.0 Å². The lowest BCUT2D eigenvalue weighted by atomic mass is 10.1. The number of carbonyl (C=O) groups excluding carboxylic acids is 1. The van der Waals surface area contributed by atoms with Crippen LogP contribution in [0.1, 0.15) is 23.6 Å². The third-order valence-corrected chi connectivity index (χ3v) is 2.57. The van der Waals surface area contributed by atoms with Gasteiger partial charge >= 0.3 is 5.97 Å². The van der Waals surface area contributed by atoms with Crippen LogP contribution >= 0.6 is 0 Å². The zero-order valence-corrected chi connectivity index (χ0v) is 10.7. The highest BCUT2D eigenvalue weighted by Gasteiger charge is 2.11. The summed E-state index contributed by atoms with van der Waals surface area (Å²) >= 11 is 0. The van der Waals surface area contributed by atoms with Crippen LogP contribution < -0.4 is 5.32 Å². The second kappa shape index (κ2) is 6.00. The second-order valence-electron chi connectivity index (χ2n) is 4.26. The number of hydrogen-bond acceptors (Lipinski definition) is 2. The van der Waals surface area contributed by atoms with Crippen molar-refractivity contribution >= 4 is 18.0 Å². The molecule has 0 bridgehead atoms. The van der Waals surface area contributed by atoms with Crippen molar-refractivity contribution in [3.63, 3.8) is 0 Å². The van der Waals surface area contributed by atoms with Gasteiger partial charge < -0.3 is 10.4 Å². The normalized spacial score (nSPS) is 12.4. The molecule has 1 rings (SSSR count). The van der Waals surface area contributed by atoms with E-state index in [-0.39, 0.29) is 0 Å². The monoisotopic (exact) mass is 247 g/mol. The number of carbonyl (C=O) groups is 2. The summed E-state index contributed by atoms with van der Waals surface area (Å²) < 4.78 is 0. The molecule has 4 heteroatoms. The van der Waals surface area contributed by atoms with Crippen LogP contribution in [-0.2, 0) is 9.59 Å². The van der Waals surface area contributed by atoms with Gasteiger partial charge in [-0.1, -0.05) is 23.8 Å². The van der Waals surface area contributed by atoms with Crippen molar-refractivity contribution in [2.24, 2.45) is 0 Å². The number of carboxylic acids is 1. The number of hydrogen-bond donors (Lipinski definition) is 2. The molecule has 0 fully saturated rings. The first-order chi connectivity index (χ1) is 8.40. The summed E-state index contributed by atoms with van der Waals surface area (Å²) in [6.07, 6.45) is 3.02. The third kappa shape index (κ3) is 4.05. The molecule has 0 radical (unpaired) electrons. The van der Waals surface area contributed by atoms with Gasteiger partial charge in [-0.2, -0.15) is 0 Å². The van der Waals surface area contributed by atoms with Crippen LogP contribution in [0.4, 0.5) is 0 Å². The van der Waals surface area contributed by atoms with Crippen molar-refractivity contribution in [3.8, 4) is 0 Å². The zero-order chi connectivity index (χ0) is 13.7. The predicted octanol–water partition coefficient (Wildman–Crippen LogP) is 1.91. The molecule has 0 aliphatic carbocycles. The lowest BCUT2D eigenvalue weighted by Crippen LogP contribution is -2.37. The molecule has 0 saturated carbocycles. The van der Waals surface area contributed by atoms with E-state index in [4.69, 9.17) is 5.11 Å². The minimum Gasteiger partial charge on any atom is -0.480 e. The van der Waals surface area contributed by atoms with E-state index in [2.05, 4.69) is 5.32 Å². The number of benzene rings is 1. The van der Waals surface area contributed by atoms with E-state index in [0.29, 0.717) is 0 Å². The average molecular weight is 247 g/mol. The Kier molecular flexibility index (Phi) is 4.66. The number of rotatable bonds is 4. The molecular weight excluding hydrogens is 230 g/mol. The molecule has 0 saturated heterocycles. The Morgan fingerprint density at radius 1 is 1.33 bits per heavy atom. The van der Waals surface area contributed by atoms with E-state index in [9.17, 15) is 9.59 Å². The molecule has 0 spiro atoms. The molecule has 1 aromatic rings. The number of carboxylic acid groups (broad SMARTS) is 1. The number of aryl methyl sites for hydroxylation is 2. The van der Waals surface area contributed by atoms with E-state index in [1.54, 1.807) is 6.08 Å². The summed E-state index contributed by atoms with van der Waals surface area (Å²) in [6, 6.07) is 5.03. The molecule has 1 atom stereocenters. The largest absolute Gasteiger partial charge is 0.480 e. The summed E-state index contributed by atoms with van der Waals surface area (Å²) in [5, 5.41) is 11.0. The Hall–Kier alpha value is -2.10. The van der Waals surface area contributed by atoms with Gasteiger partial charge in [-0.3, -0.25) is 9.59 Å². The molecule has 18 heavy (non-hydrogen) atoms. The van der Waals surface area contributed by atoms with Gasteiger partial charge in [0.05, 0.1) is 0 Å². The van der Waals surface area contributed by atoms with Crippen LogP contribution in [-0.4, -0.2) is 23.0 Å². The molecule has 96 valence electrons. The topological polar surface area (TPSA) is 66.4 Å². The standard InChI is InChI=1S/C14H17NO3/c1-9-4-5-12(10(2)8-9)6-7-13(16)15-11(3)14(17)18/h4-8,11H,1-3H3,(H,15,16)(H,17,18)/t11-/m1/s1. The van der Waals surface area contributed by atoms with Gasteiger partial charge in [0.25, 0.3) is 0 Å². The van der Waals surface area contributed by atoms with Crippen molar-refractivity contribution in [3.05, 3.63) is 41.0 Å². The predicted molar refractivity (Wildman–Crippen MR) is 70.2 cm³/mol. The molecule has 1 aromatic carbocycles. The fourth-order valence-electron chi connectivity index (χ4n) is 1.50. The van der Waals surface area contributed by atoms with Gasteiger partial charge in [0.2, 0.25) is 5.91 Å². The van der Waals surface area contributed by atoms with E-state index in [1.807, 2.05) is 32.0 Å². The smallest absolute Gasteiger partial charge is 0.325 e. The summed E-state index contributed by atoms with van der Waals surface area (Å²) in [7, 11) is 0. The summed E-state index contributed by atoms with van der Waals surface area (Å²) in [6.45, 7) is 5.39. The summed E-state index contributed by atoms with van der Waals surface area (Å²) in [5.74, 6) is -1.46. The van der Waals surface area contributed by atoms with Crippen LogP contribution in [0.2, 0.25) is 0 Å². The summed E-state index contributed by atoms with van der Waals surface area (Å²) in [4.78, 5) is 22.0. The third-order valence-electron chi connectivity index (χ3n) is 2.57. The molecular formula is C14H17NO3. The van der Waals surface area contributed by atoms with Gasteiger partial charge in [0.1, 0.15) is 6.04 Å². The Morgan fingerprint density at radius 3 is 2.56 bits per heavy atom. The quantitative estimate of drug-likeness (QED) is 0.799. The van der Waals surface area contributed by atoms with Crippen molar-refractivity contribution in [2.45, 2.75) is 26.8 Å². The highest BCUT2D eigenvalue weighted by Crippen LogP contribution is 2.11. The van der Waals surface area contributed by atoms with Crippen molar-refractivity contribution in [1.29, 1.82) is 0 Å². The Morgan fingerprint density at radius 2 is 2.00 bits per heavy atom. The maximum Gasteiger partial charge on any atom is 0.325 e. The first-order valence-corrected chi connectivity index (χ1v) is 5.69. The Bertz CT molecular complexity index is 492. The van der Waals surface area contributed by atoms with Crippen LogP contribution in [0.15, 0.2) is 24.3 Å². The molecule has 0 heterocycles. The van der Waals surface area contributed by atoms with Gasteiger partial charge in [-0.25, -0.2) is 0 Å². The fraction of sp³-hybridized carbons (Fsp3) is 0.286. The second-order valence-corrected chi connectivity index (χ2v) is 4.26. The molecule has 0 unspecified atom stereocenters. The number of nitrogens with one attached hydrogen (secondary N) is 1. The first-order valence-electron chi connectivity index (χ1n) is 5.69. The van der Waals surface area contributed by atoms with Crippen LogP contribution in [0, 0.1) is 13.8 Å². The molecule has 0 aromatic heterocycles. The molecule has 1 amide bonds. The summed E-state index contributed by atoms with van der Waals surface area (Å²) in [5.41, 5.74) is 3.18. The average Bonchev–Trinajstić information content (AvgIpc) is 2.27. The Balaban J connectivity index is 2.69. The van der Waals surface area contributed by atoms with E-state index >= 15 is 0 Å². The highest BCUT2D eigenvalue weighted by atomic mass is 16.4. The highest BCUT2D eigenvalue weighted by molar-refractivity contribution is 5.94. The molecule has 0 aliphatic rings. The lowest BCUT2D eigenvalue weighted by Gasteiger charge is -2.06. The van der Waals surface area contributed by atoms with Crippen LogP contribution in [0.3, 0.4) is 0 Å². The van der Waals surface area contributed by atoms with Gasteiger partial charge in [0, 0.05) is 6.08 Å². The number of amides is 1. The van der Waals surface area contributed by atoms with Crippen LogP contribution in [0.5, 0.6) is 0 Å². The number of aliphatic carboxylic acids is 1. The molecule has 4 nitrogen and oxygen atoms in total.